The van der Waals surface area contributed by atoms with Crippen LogP contribution in [-0.2, 0) is 9.47 Å². The summed E-state index contributed by atoms with van der Waals surface area (Å²) in [5.41, 5.74) is 0.378. The fraction of sp³-hybridized carbons (Fsp3) is 0.947. The third-order valence-corrected chi connectivity index (χ3v) is 7.33. The number of guanidine groups is 1. The Labute approximate surface area is 158 Å². The van der Waals surface area contributed by atoms with Crippen molar-refractivity contribution in [3.63, 3.8) is 0 Å². The lowest BCUT2D eigenvalue weighted by Crippen LogP contribution is -2.49. The fourth-order valence-corrected chi connectivity index (χ4v) is 4.80. The van der Waals surface area contributed by atoms with Crippen LogP contribution in [-0.4, -0.2) is 63.5 Å². The minimum atomic E-state index is 0.274. The van der Waals surface area contributed by atoms with Crippen molar-refractivity contribution in [3.05, 3.63) is 0 Å². The van der Waals surface area contributed by atoms with Crippen LogP contribution in [0, 0.1) is 5.41 Å². The number of hydrogen-bond acceptors (Lipinski definition) is 4. The molecule has 0 radical (unpaired) electrons. The lowest BCUT2D eigenvalue weighted by atomic mass is 9.83. The summed E-state index contributed by atoms with van der Waals surface area (Å²) >= 11 is 1.96. The molecule has 1 saturated carbocycles. The van der Waals surface area contributed by atoms with Crippen molar-refractivity contribution in [1.29, 1.82) is 0 Å². The smallest absolute Gasteiger partial charge is 0.191 e. The van der Waals surface area contributed by atoms with E-state index in [1.54, 1.807) is 0 Å². The number of thioether (sulfide) groups is 1. The second-order valence-electron chi connectivity index (χ2n) is 7.43. The Hall–Kier alpha value is -0.460. The van der Waals surface area contributed by atoms with Gasteiger partial charge in [-0.3, -0.25) is 4.99 Å². The van der Waals surface area contributed by atoms with Crippen LogP contribution in [0.3, 0.4) is 0 Å². The molecular weight excluding hydrogens is 334 g/mol. The van der Waals surface area contributed by atoms with E-state index in [4.69, 9.17) is 9.47 Å². The van der Waals surface area contributed by atoms with Crippen LogP contribution in [0.25, 0.3) is 0 Å². The quantitative estimate of drug-likeness (QED) is 0.371. The summed E-state index contributed by atoms with van der Waals surface area (Å²) in [6, 6.07) is 0. The largest absolute Gasteiger partial charge is 0.382 e. The normalized spacial score (nSPS) is 22.8. The minimum Gasteiger partial charge on any atom is -0.382 e. The van der Waals surface area contributed by atoms with E-state index >= 15 is 0 Å². The summed E-state index contributed by atoms with van der Waals surface area (Å²) < 4.78 is 11.4. The number of rotatable bonds is 9. The van der Waals surface area contributed by atoms with Crippen molar-refractivity contribution in [2.45, 2.75) is 56.6 Å². The summed E-state index contributed by atoms with van der Waals surface area (Å²) in [5.74, 6) is 0.933. The highest BCUT2D eigenvalue weighted by atomic mass is 32.2. The zero-order valence-corrected chi connectivity index (χ0v) is 17.2. The van der Waals surface area contributed by atoms with E-state index in [0.717, 1.165) is 64.7 Å². The molecule has 1 heterocycles. The first-order valence-electron chi connectivity index (χ1n) is 9.83. The summed E-state index contributed by atoms with van der Waals surface area (Å²) in [4.78, 5) is 4.45. The topological polar surface area (TPSA) is 54.9 Å². The van der Waals surface area contributed by atoms with Gasteiger partial charge in [0.1, 0.15) is 0 Å². The van der Waals surface area contributed by atoms with Crippen LogP contribution >= 0.6 is 11.8 Å². The summed E-state index contributed by atoms with van der Waals surface area (Å²) in [6.07, 6.45) is 10.9. The van der Waals surface area contributed by atoms with Gasteiger partial charge < -0.3 is 20.1 Å². The number of ether oxygens (including phenoxy) is 2. The molecule has 2 aliphatic rings. The zero-order chi connectivity index (χ0) is 18.0. The fourth-order valence-electron chi connectivity index (χ4n) is 4.01. The third kappa shape index (κ3) is 6.33. The Bertz CT molecular complexity index is 405. The molecular formula is C19H37N3O2S. The average molecular weight is 372 g/mol. The van der Waals surface area contributed by atoms with Gasteiger partial charge >= 0.3 is 0 Å². The van der Waals surface area contributed by atoms with E-state index in [1.807, 2.05) is 18.8 Å². The SMILES string of the molecule is CCOCCC1(CNC(=NC)NCC2(SC)CCOCC2)CCCC1. The summed E-state index contributed by atoms with van der Waals surface area (Å²) in [6.45, 7) is 7.44. The summed E-state index contributed by atoms with van der Waals surface area (Å²) in [7, 11) is 1.87. The van der Waals surface area contributed by atoms with Gasteiger partial charge in [-0.1, -0.05) is 12.8 Å². The first-order chi connectivity index (χ1) is 12.2. The predicted molar refractivity (Wildman–Crippen MR) is 108 cm³/mol. The molecule has 2 fully saturated rings. The van der Waals surface area contributed by atoms with Gasteiger partial charge in [-0.15, -0.1) is 0 Å². The van der Waals surface area contributed by atoms with Crippen molar-refractivity contribution in [3.8, 4) is 0 Å². The molecule has 2 rings (SSSR count). The van der Waals surface area contributed by atoms with Crippen molar-refractivity contribution in [2.75, 3.05) is 52.8 Å². The Kier molecular flexibility index (Phi) is 8.87. The highest BCUT2D eigenvalue weighted by molar-refractivity contribution is 8.00. The average Bonchev–Trinajstić information content (AvgIpc) is 3.12. The van der Waals surface area contributed by atoms with Gasteiger partial charge in [0.05, 0.1) is 0 Å². The van der Waals surface area contributed by atoms with Gasteiger partial charge in [0.15, 0.2) is 5.96 Å². The Morgan fingerprint density at radius 1 is 1.12 bits per heavy atom. The molecule has 0 atom stereocenters. The molecule has 5 nitrogen and oxygen atoms in total. The van der Waals surface area contributed by atoms with Crippen LogP contribution in [0.5, 0.6) is 0 Å². The number of hydrogen-bond donors (Lipinski definition) is 2. The van der Waals surface area contributed by atoms with Gasteiger partial charge in [0.2, 0.25) is 0 Å². The minimum absolute atomic E-state index is 0.274. The van der Waals surface area contributed by atoms with Crippen molar-refractivity contribution < 1.29 is 9.47 Å². The Morgan fingerprint density at radius 2 is 1.80 bits per heavy atom. The molecule has 2 N–H and O–H groups in total. The molecule has 0 unspecified atom stereocenters. The van der Waals surface area contributed by atoms with Crippen LogP contribution in [0.4, 0.5) is 0 Å². The lowest BCUT2D eigenvalue weighted by molar-refractivity contribution is 0.0782. The van der Waals surface area contributed by atoms with Crippen LogP contribution in [0.2, 0.25) is 0 Å². The van der Waals surface area contributed by atoms with Gasteiger partial charge in [-0.05, 0) is 50.7 Å². The second-order valence-corrected chi connectivity index (χ2v) is 8.71. The van der Waals surface area contributed by atoms with Crippen LogP contribution in [0.1, 0.15) is 51.9 Å². The van der Waals surface area contributed by atoms with Gasteiger partial charge in [-0.2, -0.15) is 11.8 Å². The van der Waals surface area contributed by atoms with Crippen molar-refractivity contribution in [2.24, 2.45) is 10.4 Å². The molecule has 0 amide bonds. The third-order valence-electron chi connectivity index (χ3n) is 5.91. The molecule has 0 spiro atoms. The molecule has 146 valence electrons. The van der Waals surface area contributed by atoms with E-state index in [-0.39, 0.29) is 4.75 Å². The van der Waals surface area contributed by atoms with Crippen LogP contribution < -0.4 is 10.6 Å². The van der Waals surface area contributed by atoms with E-state index in [2.05, 4.69) is 28.8 Å². The van der Waals surface area contributed by atoms with E-state index in [1.165, 1.54) is 25.7 Å². The maximum atomic E-state index is 5.62. The van der Waals surface area contributed by atoms with E-state index in [0.29, 0.717) is 5.41 Å². The van der Waals surface area contributed by atoms with Gasteiger partial charge in [0, 0.05) is 51.3 Å². The first-order valence-corrected chi connectivity index (χ1v) is 11.1. The highest BCUT2D eigenvalue weighted by Gasteiger charge is 2.34. The Balaban J connectivity index is 1.82. The monoisotopic (exact) mass is 371 g/mol. The molecule has 25 heavy (non-hydrogen) atoms. The van der Waals surface area contributed by atoms with Crippen molar-refractivity contribution >= 4 is 17.7 Å². The number of nitrogens with zero attached hydrogens (tertiary/aromatic N) is 1. The maximum absolute atomic E-state index is 5.62. The molecule has 0 bridgehead atoms. The molecule has 1 aliphatic carbocycles. The molecule has 0 aromatic heterocycles. The zero-order valence-electron chi connectivity index (χ0n) is 16.4. The second kappa shape index (κ2) is 10.6. The summed E-state index contributed by atoms with van der Waals surface area (Å²) in [5, 5.41) is 7.17. The lowest BCUT2D eigenvalue weighted by Gasteiger charge is -2.36. The standard InChI is InChI=1S/C19H37N3O2S/c1-4-23-12-9-18(7-5-6-8-18)15-21-17(20-2)22-16-19(25-3)10-13-24-14-11-19/h4-16H2,1-3H3,(H2,20,21,22). The van der Waals surface area contributed by atoms with Crippen LogP contribution in [0.15, 0.2) is 4.99 Å². The number of nitrogens with one attached hydrogen (secondary N) is 2. The van der Waals surface area contributed by atoms with E-state index < -0.39 is 0 Å². The molecule has 0 aromatic carbocycles. The Morgan fingerprint density at radius 3 is 2.40 bits per heavy atom. The van der Waals surface area contributed by atoms with Gasteiger partial charge in [-0.25, -0.2) is 0 Å². The molecule has 6 heteroatoms. The van der Waals surface area contributed by atoms with E-state index in [9.17, 15) is 0 Å². The first kappa shape index (κ1) is 20.8. The molecule has 1 aliphatic heterocycles. The highest BCUT2D eigenvalue weighted by Crippen LogP contribution is 2.40. The molecule has 0 aromatic rings. The maximum Gasteiger partial charge on any atom is 0.191 e. The molecule has 1 saturated heterocycles. The number of aliphatic imine (C=N–C) groups is 1. The predicted octanol–water partition coefficient (Wildman–Crippen LogP) is 3.05. The van der Waals surface area contributed by atoms with Gasteiger partial charge in [0.25, 0.3) is 0 Å². The van der Waals surface area contributed by atoms with Crippen molar-refractivity contribution in [1.82, 2.24) is 10.6 Å².